The molecule has 0 unspecified atom stereocenters. The Morgan fingerprint density at radius 3 is 2.77 bits per heavy atom. The second-order valence-electron chi connectivity index (χ2n) is 6.69. The fraction of sp³-hybridized carbons (Fsp3) is 0.368. The highest BCUT2D eigenvalue weighted by Crippen LogP contribution is 2.24. The van der Waals surface area contributed by atoms with Gasteiger partial charge in [-0.3, -0.25) is 5.10 Å². The molecule has 0 amide bonds. The van der Waals surface area contributed by atoms with Crippen molar-refractivity contribution in [2.75, 3.05) is 11.9 Å². The lowest BCUT2D eigenvalue weighted by molar-refractivity contribution is 0.696. The Kier molecular flexibility index (Phi) is 4.84. The number of H-pyrrole nitrogens is 1. The molecule has 0 atom stereocenters. The van der Waals surface area contributed by atoms with Gasteiger partial charge in [-0.25, -0.2) is 4.98 Å². The lowest BCUT2D eigenvalue weighted by Gasteiger charge is -2.16. The molecule has 1 aliphatic rings. The highest BCUT2D eigenvalue weighted by Gasteiger charge is 2.18. The fourth-order valence-corrected chi connectivity index (χ4v) is 3.49. The number of nitrogens with one attached hydrogen (secondary N) is 1. The Morgan fingerprint density at radius 2 is 1.92 bits per heavy atom. The maximum atomic E-state index is 5.96. The van der Waals surface area contributed by atoms with Gasteiger partial charge in [0.2, 0.25) is 5.95 Å². The van der Waals surface area contributed by atoms with Gasteiger partial charge < -0.3 is 4.90 Å². The van der Waals surface area contributed by atoms with Gasteiger partial charge in [-0.05, 0) is 43.4 Å². The van der Waals surface area contributed by atoms with Crippen LogP contribution >= 0.6 is 11.6 Å². The number of aromatic nitrogens is 5. The number of aryl methyl sites for hydroxylation is 1. The molecule has 2 aromatic heterocycles. The number of hydrogen-bond donors (Lipinski definition) is 1. The van der Waals surface area contributed by atoms with Gasteiger partial charge in [0, 0.05) is 23.3 Å². The van der Waals surface area contributed by atoms with Crippen LogP contribution in [0.4, 0.5) is 5.95 Å². The standard InChI is InChI=1S/C19H21ClN6/c1-26(12-18-15-5-3-2-4-6-16(15)23-24-18)19-22-17(11-21-25-19)13-7-9-14(20)10-8-13/h7-11H,2-6,12H2,1H3,(H,23,24). The minimum atomic E-state index is 0.586. The SMILES string of the molecule is CN(Cc1n[nH]c2c1CCCCC2)c1nncc(-c2ccc(Cl)cc2)n1. The maximum Gasteiger partial charge on any atom is 0.246 e. The van der Waals surface area contributed by atoms with Crippen molar-refractivity contribution in [3.8, 4) is 11.3 Å². The molecule has 2 heterocycles. The average molecular weight is 369 g/mol. The van der Waals surface area contributed by atoms with Crippen LogP contribution in [0.1, 0.15) is 36.2 Å². The number of aromatic amines is 1. The summed E-state index contributed by atoms with van der Waals surface area (Å²) in [7, 11) is 1.97. The minimum Gasteiger partial charge on any atom is -0.337 e. The summed E-state index contributed by atoms with van der Waals surface area (Å²) in [6.45, 7) is 0.664. The quantitative estimate of drug-likeness (QED) is 0.709. The van der Waals surface area contributed by atoms with E-state index in [0.29, 0.717) is 17.5 Å². The zero-order valence-corrected chi connectivity index (χ0v) is 15.5. The second kappa shape index (κ2) is 7.41. The highest BCUT2D eigenvalue weighted by molar-refractivity contribution is 6.30. The van der Waals surface area contributed by atoms with E-state index in [4.69, 9.17) is 11.6 Å². The lowest BCUT2D eigenvalue weighted by atomic mass is 10.1. The topological polar surface area (TPSA) is 70.6 Å². The van der Waals surface area contributed by atoms with E-state index in [1.807, 2.05) is 36.2 Å². The van der Waals surface area contributed by atoms with Crippen LogP contribution in [0.25, 0.3) is 11.3 Å². The van der Waals surface area contributed by atoms with E-state index in [0.717, 1.165) is 29.8 Å². The van der Waals surface area contributed by atoms with Crippen molar-refractivity contribution < 1.29 is 0 Å². The van der Waals surface area contributed by atoms with E-state index in [-0.39, 0.29) is 0 Å². The van der Waals surface area contributed by atoms with Gasteiger partial charge in [-0.15, -0.1) is 5.10 Å². The zero-order chi connectivity index (χ0) is 17.9. The van der Waals surface area contributed by atoms with E-state index in [1.165, 1.54) is 30.5 Å². The van der Waals surface area contributed by atoms with E-state index in [2.05, 4.69) is 25.4 Å². The molecule has 7 heteroatoms. The Labute approximate surface area is 157 Å². The van der Waals surface area contributed by atoms with Gasteiger partial charge >= 0.3 is 0 Å². The predicted octanol–water partition coefficient (Wildman–Crippen LogP) is 3.82. The van der Waals surface area contributed by atoms with Crippen LogP contribution in [-0.4, -0.2) is 32.4 Å². The largest absolute Gasteiger partial charge is 0.337 e. The van der Waals surface area contributed by atoms with E-state index >= 15 is 0 Å². The van der Waals surface area contributed by atoms with Gasteiger partial charge in [-0.2, -0.15) is 10.2 Å². The summed E-state index contributed by atoms with van der Waals surface area (Å²) in [4.78, 5) is 6.65. The molecule has 1 N–H and O–H groups in total. The summed E-state index contributed by atoms with van der Waals surface area (Å²) in [6, 6.07) is 7.57. The third kappa shape index (κ3) is 3.55. The number of fused-ring (bicyclic) bond motifs is 1. The first-order valence-corrected chi connectivity index (χ1v) is 9.30. The molecule has 0 aliphatic heterocycles. The molecule has 0 spiro atoms. The zero-order valence-electron chi connectivity index (χ0n) is 14.7. The lowest BCUT2D eigenvalue weighted by Crippen LogP contribution is -2.21. The van der Waals surface area contributed by atoms with Crippen LogP contribution in [0, 0.1) is 0 Å². The molecule has 0 fully saturated rings. The van der Waals surface area contributed by atoms with Crippen molar-refractivity contribution >= 4 is 17.5 Å². The number of rotatable bonds is 4. The predicted molar refractivity (Wildman–Crippen MR) is 102 cm³/mol. The van der Waals surface area contributed by atoms with Gasteiger partial charge in [0.15, 0.2) is 0 Å². The summed E-state index contributed by atoms with van der Waals surface area (Å²) in [5, 5.41) is 16.8. The second-order valence-corrected chi connectivity index (χ2v) is 7.13. The molecule has 0 saturated heterocycles. The van der Waals surface area contributed by atoms with Crippen molar-refractivity contribution in [3.05, 3.63) is 52.4 Å². The number of halogens is 1. The molecule has 0 bridgehead atoms. The number of benzene rings is 1. The summed E-state index contributed by atoms with van der Waals surface area (Å²) >= 11 is 5.96. The van der Waals surface area contributed by atoms with Crippen LogP contribution in [0.5, 0.6) is 0 Å². The first-order chi connectivity index (χ1) is 12.7. The number of anilines is 1. The first kappa shape index (κ1) is 17.0. The van der Waals surface area contributed by atoms with Crippen molar-refractivity contribution in [1.82, 2.24) is 25.4 Å². The monoisotopic (exact) mass is 368 g/mol. The van der Waals surface area contributed by atoms with Gasteiger partial charge in [-0.1, -0.05) is 30.2 Å². The van der Waals surface area contributed by atoms with Crippen LogP contribution < -0.4 is 4.90 Å². The smallest absolute Gasteiger partial charge is 0.246 e. The molecule has 4 rings (SSSR count). The Hall–Kier alpha value is -2.47. The number of hydrogen-bond acceptors (Lipinski definition) is 5. The summed E-state index contributed by atoms with van der Waals surface area (Å²) < 4.78 is 0. The average Bonchev–Trinajstić information content (AvgIpc) is 2.89. The van der Waals surface area contributed by atoms with Gasteiger partial charge in [0.05, 0.1) is 24.1 Å². The first-order valence-electron chi connectivity index (χ1n) is 8.92. The fourth-order valence-electron chi connectivity index (χ4n) is 3.37. The molecule has 0 saturated carbocycles. The Balaban J connectivity index is 1.55. The summed E-state index contributed by atoms with van der Waals surface area (Å²) in [5.41, 5.74) is 5.49. The molecule has 134 valence electrons. The highest BCUT2D eigenvalue weighted by atomic mass is 35.5. The third-order valence-corrected chi connectivity index (χ3v) is 5.06. The van der Waals surface area contributed by atoms with Crippen molar-refractivity contribution in [3.63, 3.8) is 0 Å². The molecule has 0 radical (unpaired) electrons. The van der Waals surface area contributed by atoms with E-state index < -0.39 is 0 Å². The van der Waals surface area contributed by atoms with E-state index in [1.54, 1.807) is 6.20 Å². The third-order valence-electron chi connectivity index (χ3n) is 4.81. The summed E-state index contributed by atoms with van der Waals surface area (Å²) in [6.07, 6.45) is 7.61. The molecule has 26 heavy (non-hydrogen) atoms. The maximum absolute atomic E-state index is 5.96. The molecular weight excluding hydrogens is 348 g/mol. The summed E-state index contributed by atoms with van der Waals surface area (Å²) in [5.74, 6) is 0.586. The van der Waals surface area contributed by atoms with Crippen LogP contribution in [0.2, 0.25) is 5.02 Å². The normalized spacial score (nSPS) is 13.9. The van der Waals surface area contributed by atoms with Gasteiger partial charge in [0.1, 0.15) is 0 Å². The molecule has 1 aromatic carbocycles. The van der Waals surface area contributed by atoms with Crippen LogP contribution in [0.3, 0.4) is 0 Å². The van der Waals surface area contributed by atoms with E-state index in [9.17, 15) is 0 Å². The number of nitrogens with zero attached hydrogens (tertiary/aromatic N) is 5. The van der Waals surface area contributed by atoms with Crippen molar-refractivity contribution in [1.29, 1.82) is 0 Å². The minimum absolute atomic E-state index is 0.586. The molecule has 3 aromatic rings. The van der Waals surface area contributed by atoms with Crippen molar-refractivity contribution in [2.24, 2.45) is 0 Å². The molecular formula is C19H21ClN6. The van der Waals surface area contributed by atoms with Crippen LogP contribution in [0.15, 0.2) is 30.5 Å². The van der Waals surface area contributed by atoms with Crippen molar-refractivity contribution in [2.45, 2.75) is 38.6 Å². The molecule has 1 aliphatic carbocycles. The van der Waals surface area contributed by atoms with Gasteiger partial charge in [0.25, 0.3) is 0 Å². The Bertz CT molecular complexity index is 889. The molecule has 6 nitrogen and oxygen atoms in total. The Morgan fingerprint density at radius 1 is 1.12 bits per heavy atom. The van der Waals surface area contributed by atoms with Crippen LogP contribution in [-0.2, 0) is 19.4 Å².